The van der Waals surface area contributed by atoms with Gasteiger partial charge in [-0.15, -0.1) is 0 Å². The van der Waals surface area contributed by atoms with Gasteiger partial charge in [0.2, 0.25) is 5.91 Å². The molecule has 1 aliphatic carbocycles. The summed E-state index contributed by atoms with van der Waals surface area (Å²) >= 11 is 0. The van der Waals surface area contributed by atoms with Crippen LogP contribution in [0, 0.1) is 11.8 Å². The molecule has 8 nitrogen and oxygen atoms in total. The molecule has 1 aromatic carbocycles. The Bertz CT molecular complexity index is 957. The molecule has 0 aromatic heterocycles. The zero-order valence-electron chi connectivity index (χ0n) is 20.5. The van der Waals surface area contributed by atoms with Crippen molar-refractivity contribution in [3.63, 3.8) is 0 Å². The summed E-state index contributed by atoms with van der Waals surface area (Å²) in [7, 11) is 0. The molecule has 0 bridgehead atoms. The summed E-state index contributed by atoms with van der Waals surface area (Å²) in [6.07, 6.45) is 4.85. The highest BCUT2D eigenvalue weighted by Crippen LogP contribution is 2.33. The number of carbonyl (C=O) groups is 5. The normalized spacial score (nSPS) is 19.1. The van der Waals surface area contributed by atoms with E-state index in [9.17, 15) is 24.0 Å². The first-order chi connectivity index (χ1) is 16.7. The van der Waals surface area contributed by atoms with Crippen LogP contribution in [0.3, 0.4) is 0 Å². The highest BCUT2D eigenvalue weighted by molar-refractivity contribution is 6.03. The first-order valence-electron chi connectivity index (χ1n) is 12.3. The predicted octanol–water partition coefficient (Wildman–Crippen LogP) is 3.76. The first kappa shape index (κ1) is 28.0. The Kier molecular flexibility index (Phi) is 10.8. The van der Waals surface area contributed by atoms with Crippen molar-refractivity contribution >= 4 is 29.9 Å². The lowest BCUT2D eigenvalue weighted by molar-refractivity contribution is -0.139. The highest BCUT2D eigenvalue weighted by atomic mass is 16.4. The molecule has 0 aliphatic heterocycles. The van der Waals surface area contributed by atoms with E-state index in [0.717, 1.165) is 31.2 Å². The van der Waals surface area contributed by atoms with Gasteiger partial charge in [-0.05, 0) is 48.8 Å². The van der Waals surface area contributed by atoms with Crippen LogP contribution >= 0.6 is 0 Å². The lowest BCUT2D eigenvalue weighted by Gasteiger charge is -2.31. The summed E-state index contributed by atoms with van der Waals surface area (Å²) in [6.45, 7) is 7.96. The molecule has 3 unspecified atom stereocenters. The fraction of sp³-hybridized carbons (Fsp3) is 0.519. The smallest absolute Gasteiger partial charge is 0.305 e. The van der Waals surface area contributed by atoms with Crippen LogP contribution in [0.2, 0.25) is 0 Å². The molecule has 0 radical (unpaired) electrons. The largest absolute Gasteiger partial charge is 0.481 e. The number of carboxylic acids is 1. The Morgan fingerprint density at radius 1 is 1.20 bits per heavy atom. The maximum Gasteiger partial charge on any atom is 0.305 e. The second-order valence-electron chi connectivity index (χ2n) is 9.38. The van der Waals surface area contributed by atoms with Gasteiger partial charge >= 0.3 is 5.97 Å². The summed E-state index contributed by atoms with van der Waals surface area (Å²) in [4.78, 5) is 60.3. The molecule has 35 heavy (non-hydrogen) atoms. The minimum Gasteiger partial charge on any atom is -0.481 e. The molecule has 0 spiro atoms. The van der Waals surface area contributed by atoms with Gasteiger partial charge in [-0.3, -0.25) is 19.2 Å². The maximum absolute atomic E-state index is 12.9. The Morgan fingerprint density at radius 3 is 2.57 bits per heavy atom. The van der Waals surface area contributed by atoms with Gasteiger partial charge in [0.1, 0.15) is 6.29 Å². The van der Waals surface area contributed by atoms with E-state index in [1.165, 1.54) is 0 Å². The molecule has 1 aliphatic rings. The standard InChI is InChI=1S/C27H36N2O6/c1-4-8-17(2)19-10-7-11-21(13-19)26(34)28-18(3)24(31)14-20-9-5-6-12-23(20)27(35)29-22(16-30)15-25(32)33/h7,10-11,13,16-17,20,22-23H,3-6,8-9,12,14-15H2,1-2H3,(H,28,34)(H,29,35)(H,32,33)/t17?,20?,22-,23?/m0/s1. The third-order valence-electron chi connectivity index (χ3n) is 6.62. The van der Waals surface area contributed by atoms with Crippen LogP contribution in [0.1, 0.15) is 87.1 Å². The lowest BCUT2D eigenvalue weighted by Crippen LogP contribution is -2.44. The highest BCUT2D eigenvalue weighted by Gasteiger charge is 2.34. The average molecular weight is 485 g/mol. The molecule has 2 rings (SSSR count). The number of amides is 2. The van der Waals surface area contributed by atoms with E-state index in [-0.39, 0.29) is 23.8 Å². The number of Topliss-reactive ketones (excluding diaryl/α,β-unsaturated/α-hetero) is 1. The van der Waals surface area contributed by atoms with Crippen LogP contribution in [-0.4, -0.2) is 41.0 Å². The van der Waals surface area contributed by atoms with E-state index in [0.29, 0.717) is 30.6 Å². The number of nitrogens with one attached hydrogen (secondary N) is 2. The SMILES string of the molecule is C=C(NC(=O)c1cccc(C(C)CCC)c1)C(=O)CC1CCCCC1C(=O)N[C@H](C=O)CC(=O)O. The van der Waals surface area contributed by atoms with Gasteiger partial charge in [0, 0.05) is 17.9 Å². The fourth-order valence-electron chi connectivity index (χ4n) is 4.63. The lowest BCUT2D eigenvalue weighted by atomic mass is 9.76. The van der Waals surface area contributed by atoms with Crippen molar-refractivity contribution in [2.45, 2.75) is 77.2 Å². The van der Waals surface area contributed by atoms with Crippen molar-refractivity contribution in [3.05, 3.63) is 47.7 Å². The molecule has 3 N–H and O–H groups in total. The minimum absolute atomic E-state index is 0.0246. The Hall–Kier alpha value is -3.29. The average Bonchev–Trinajstić information content (AvgIpc) is 2.83. The second kappa shape index (κ2) is 13.6. The molecule has 190 valence electrons. The number of hydrogen-bond acceptors (Lipinski definition) is 5. The van der Waals surface area contributed by atoms with E-state index in [1.807, 2.05) is 18.2 Å². The van der Waals surface area contributed by atoms with Crippen LogP contribution < -0.4 is 10.6 Å². The predicted molar refractivity (Wildman–Crippen MR) is 132 cm³/mol. The molecule has 0 saturated heterocycles. The molecule has 1 aromatic rings. The van der Waals surface area contributed by atoms with E-state index in [1.54, 1.807) is 6.07 Å². The van der Waals surface area contributed by atoms with E-state index in [2.05, 4.69) is 31.1 Å². The van der Waals surface area contributed by atoms with Gasteiger partial charge in [0.25, 0.3) is 5.91 Å². The molecule has 4 atom stereocenters. The Labute approximate surface area is 206 Å². The zero-order chi connectivity index (χ0) is 26.0. The molecule has 8 heteroatoms. The van der Waals surface area contributed by atoms with Crippen LogP contribution in [0.15, 0.2) is 36.5 Å². The number of allylic oxidation sites excluding steroid dienone is 1. The number of aliphatic carboxylic acids is 1. The topological polar surface area (TPSA) is 130 Å². The zero-order valence-corrected chi connectivity index (χ0v) is 20.5. The van der Waals surface area contributed by atoms with Crippen LogP contribution in [0.5, 0.6) is 0 Å². The third kappa shape index (κ3) is 8.46. The van der Waals surface area contributed by atoms with Gasteiger partial charge in [-0.2, -0.15) is 0 Å². The number of ketones is 1. The van der Waals surface area contributed by atoms with E-state index < -0.39 is 36.2 Å². The van der Waals surface area contributed by atoms with Crippen molar-refractivity contribution in [1.29, 1.82) is 0 Å². The molecule has 1 saturated carbocycles. The molecule has 1 fully saturated rings. The van der Waals surface area contributed by atoms with Crippen molar-refractivity contribution in [3.8, 4) is 0 Å². The van der Waals surface area contributed by atoms with Crippen molar-refractivity contribution in [2.24, 2.45) is 11.8 Å². The van der Waals surface area contributed by atoms with Gasteiger partial charge in [-0.25, -0.2) is 0 Å². The maximum atomic E-state index is 12.9. The van der Waals surface area contributed by atoms with Crippen LogP contribution in [0.25, 0.3) is 0 Å². The summed E-state index contributed by atoms with van der Waals surface area (Å²) in [5.41, 5.74) is 1.49. The first-order valence-corrected chi connectivity index (χ1v) is 12.3. The van der Waals surface area contributed by atoms with Gasteiger partial charge in [0.15, 0.2) is 5.78 Å². The van der Waals surface area contributed by atoms with Gasteiger partial charge < -0.3 is 20.5 Å². The summed E-state index contributed by atoms with van der Waals surface area (Å²) in [5, 5.41) is 14.0. The van der Waals surface area contributed by atoms with E-state index >= 15 is 0 Å². The van der Waals surface area contributed by atoms with Gasteiger partial charge in [0.05, 0.1) is 18.2 Å². The third-order valence-corrected chi connectivity index (χ3v) is 6.62. The second-order valence-corrected chi connectivity index (χ2v) is 9.38. The monoisotopic (exact) mass is 484 g/mol. The van der Waals surface area contributed by atoms with Gasteiger partial charge in [-0.1, -0.05) is 51.8 Å². The number of carbonyl (C=O) groups excluding carboxylic acids is 4. The summed E-state index contributed by atoms with van der Waals surface area (Å²) < 4.78 is 0. The van der Waals surface area contributed by atoms with Crippen LogP contribution in [-0.2, 0) is 19.2 Å². The number of carboxylic acid groups (broad SMARTS) is 1. The quantitative estimate of drug-likeness (QED) is 0.289. The molecular formula is C27H36N2O6. The van der Waals surface area contributed by atoms with Crippen molar-refractivity contribution < 1.29 is 29.1 Å². The molecule has 2 amide bonds. The number of aldehydes is 1. The summed E-state index contributed by atoms with van der Waals surface area (Å²) in [5.74, 6) is -2.83. The molecule has 0 heterocycles. The van der Waals surface area contributed by atoms with Crippen LogP contribution in [0.4, 0.5) is 0 Å². The number of hydrogen-bond donors (Lipinski definition) is 3. The Balaban J connectivity index is 1.99. The summed E-state index contributed by atoms with van der Waals surface area (Å²) in [6, 6.07) is 6.22. The number of rotatable bonds is 13. The van der Waals surface area contributed by atoms with E-state index in [4.69, 9.17) is 5.11 Å². The fourth-order valence-corrected chi connectivity index (χ4v) is 4.63. The Morgan fingerprint density at radius 2 is 1.91 bits per heavy atom. The van der Waals surface area contributed by atoms with Crippen molar-refractivity contribution in [1.82, 2.24) is 10.6 Å². The molecular weight excluding hydrogens is 448 g/mol. The van der Waals surface area contributed by atoms with Crippen molar-refractivity contribution in [2.75, 3.05) is 0 Å². The minimum atomic E-state index is -1.19. The number of benzene rings is 1.